The molecule has 6 nitrogen and oxygen atoms in total. The first kappa shape index (κ1) is 15.9. The van der Waals surface area contributed by atoms with Gasteiger partial charge in [0.25, 0.3) is 0 Å². The van der Waals surface area contributed by atoms with Gasteiger partial charge in [0, 0.05) is 37.9 Å². The smallest absolute Gasteiger partial charge is 0.242 e. The fourth-order valence-electron chi connectivity index (χ4n) is 2.49. The van der Waals surface area contributed by atoms with E-state index in [0.717, 1.165) is 25.8 Å². The lowest BCUT2D eigenvalue weighted by atomic mass is 10.0. The average molecular weight is 311 g/mol. The second-order valence-corrected chi connectivity index (χ2v) is 7.04. The van der Waals surface area contributed by atoms with Crippen LogP contribution in [0.15, 0.2) is 29.4 Å². The fourth-order valence-corrected chi connectivity index (χ4v) is 3.49. The number of amides is 1. The van der Waals surface area contributed by atoms with E-state index in [1.165, 1.54) is 18.5 Å². The number of hydrogen-bond donors (Lipinski definition) is 1. The highest BCUT2D eigenvalue weighted by atomic mass is 32.2. The summed E-state index contributed by atoms with van der Waals surface area (Å²) in [7, 11) is -3.58. The number of rotatable bonds is 5. The SMILES string of the molecule is C[C@H]1CCCCN1C(=O)CCNS(=O)(=O)c1cccnc1. The number of nitrogens with one attached hydrogen (secondary N) is 1. The minimum Gasteiger partial charge on any atom is -0.340 e. The van der Waals surface area contributed by atoms with E-state index in [9.17, 15) is 13.2 Å². The Morgan fingerprint density at radius 3 is 2.95 bits per heavy atom. The largest absolute Gasteiger partial charge is 0.340 e. The molecule has 0 radical (unpaired) electrons. The van der Waals surface area contributed by atoms with Crippen molar-refractivity contribution in [2.75, 3.05) is 13.1 Å². The summed E-state index contributed by atoms with van der Waals surface area (Å²) in [5, 5.41) is 0. The first-order valence-electron chi connectivity index (χ1n) is 7.20. The molecule has 0 saturated carbocycles. The van der Waals surface area contributed by atoms with Crippen molar-refractivity contribution < 1.29 is 13.2 Å². The summed E-state index contributed by atoms with van der Waals surface area (Å²) < 4.78 is 26.4. The molecular formula is C14H21N3O3S. The molecule has 0 bridgehead atoms. The molecule has 1 aliphatic rings. The molecular weight excluding hydrogens is 290 g/mol. The average Bonchev–Trinajstić information content (AvgIpc) is 2.48. The van der Waals surface area contributed by atoms with E-state index >= 15 is 0 Å². The maximum atomic E-state index is 12.1. The van der Waals surface area contributed by atoms with Gasteiger partial charge in [0.05, 0.1) is 0 Å². The van der Waals surface area contributed by atoms with Gasteiger partial charge in [-0.25, -0.2) is 13.1 Å². The Morgan fingerprint density at radius 2 is 2.29 bits per heavy atom. The summed E-state index contributed by atoms with van der Waals surface area (Å²) >= 11 is 0. The standard InChI is InChI=1S/C14H21N3O3S/c1-12-5-2-3-10-17(12)14(18)7-9-16-21(19,20)13-6-4-8-15-11-13/h4,6,8,11-12,16H,2-3,5,7,9-10H2,1H3/t12-/m0/s1. The van der Waals surface area contributed by atoms with Crippen LogP contribution in [0.25, 0.3) is 0 Å². The topological polar surface area (TPSA) is 79.4 Å². The number of pyridine rings is 1. The Labute approximate surface area is 125 Å². The summed E-state index contributed by atoms with van der Waals surface area (Å²) in [6.45, 7) is 2.92. The van der Waals surface area contributed by atoms with E-state index in [4.69, 9.17) is 0 Å². The molecule has 0 aromatic carbocycles. The van der Waals surface area contributed by atoms with Crippen molar-refractivity contribution in [1.82, 2.24) is 14.6 Å². The number of aromatic nitrogens is 1. The molecule has 1 saturated heterocycles. The van der Waals surface area contributed by atoms with Crippen LogP contribution in [0.5, 0.6) is 0 Å². The van der Waals surface area contributed by atoms with Crippen molar-refractivity contribution in [2.45, 2.75) is 43.5 Å². The van der Waals surface area contributed by atoms with Crippen molar-refractivity contribution in [3.63, 3.8) is 0 Å². The molecule has 2 rings (SSSR count). The Bertz CT molecular complexity index is 574. The third kappa shape index (κ3) is 4.25. The van der Waals surface area contributed by atoms with Gasteiger partial charge < -0.3 is 4.90 Å². The normalized spacial score (nSPS) is 19.5. The highest BCUT2D eigenvalue weighted by Crippen LogP contribution is 2.17. The maximum absolute atomic E-state index is 12.1. The van der Waals surface area contributed by atoms with Crippen LogP contribution in [-0.4, -0.2) is 43.3 Å². The third-order valence-corrected chi connectivity index (χ3v) is 5.15. The Balaban J connectivity index is 1.85. The number of carbonyl (C=O) groups excluding carboxylic acids is 1. The minimum absolute atomic E-state index is 0.0103. The van der Waals surface area contributed by atoms with E-state index in [2.05, 4.69) is 9.71 Å². The van der Waals surface area contributed by atoms with Crippen molar-refractivity contribution in [2.24, 2.45) is 0 Å². The maximum Gasteiger partial charge on any atom is 0.242 e. The second-order valence-electron chi connectivity index (χ2n) is 5.27. The van der Waals surface area contributed by atoms with Crippen LogP contribution in [0.4, 0.5) is 0 Å². The molecule has 0 spiro atoms. The number of piperidine rings is 1. The zero-order valence-corrected chi connectivity index (χ0v) is 13.0. The predicted octanol–water partition coefficient (Wildman–Crippen LogP) is 1.15. The van der Waals surface area contributed by atoms with E-state index in [1.807, 2.05) is 11.8 Å². The molecule has 1 aromatic heterocycles. The van der Waals surface area contributed by atoms with Gasteiger partial charge in [0.1, 0.15) is 4.90 Å². The monoisotopic (exact) mass is 311 g/mol. The first-order valence-corrected chi connectivity index (χ1v) is 8.68. The molecule has 1 atom stereocenters. The van der Waals surface area contributed by atoms with Gasteiger partial charge in [0.15, 0.2) is 0 Å². The van der Waals surface area contributed by atoms with Crippen molar-refractivity contribution in [3.8, 4) is 0 Å². The van der Waals surface area contributed by atoms with Gasteiger partial charge in [-0.3, -0.25) is 9.78 Å². The molecule has 7 heteroatoms. The Hall–Kier alpha value is -1.47. The zero-order chi connectivity index (χ0) is 15.3. The van der Waals surface area contributed by atoms with Crippen LogP contribution < -0.4 is 4.72 Å². The van der Waals surface area contributed by atoms with Crippen LogP contribution >= 0.6 is 0 Å². The summed E-state index contributed by atoms with van der Waals surface area (Å²) in [6, 6.07) is 3.29. The quantitative estimate of drug-likeness (QED) is 0.884. The summed E-state index contributed by atoms with van der Waals surface area (Å²) in [5.74, 6) is 0.0103. The lowest BCUT2D eigenvalue weighted by Crippen LogP contribution is -2.43. The van der Waals surface area contributed by atoms with Crippen LogP contribution in [-0.2, 0) is 14.8 Å². The molecule has 1 aromatic rings. The van der Waals surface area contributed by atoms with Crippen LogP contribution in [0.1, 0.15) is 32.6 Å². The number of nitrogens with zero attached hydrogens (tertiary/aromatic N) is 2. The first-order chi connectivity index (χ1) is 10.0. The van der Waals surface area contributed by atoms with Crippen LogP contribution in [0.3, 0.4) is 0 Å². The zero-order valence-electron chi connectivity index (χ0n) is 12.2. The molecule has 1 fully saturated rings. The fraction of sp³-hybridized carbons (Fsp3) is 0.571. The highest BCUT2D eigenvalue weighted by Gasteiger charge is 2.23. The predicted molar refractivity (Wildman–Crippen MR) is 79.1 cm³/mol. The molecule has 116 valence electrons. The van der Waals surface area contributed by atoms with Crippen LogP contribution in [0, 0.1) is 0 Å². The molecule has 0 aliphatic carbocycles. The van der Waals surface area contributed by atoms with Gasteiger partial charge in [-0.15, -0.1) is 0 Å². The minimum atomic E-state index is -3.58. The molecule has 1 amide bonds. The van der Waals surface area contributed by atoms with Crippen molar-refractivity contribution in [1.29, 1.82) is 0 Å². The summed E-state index contributed by atoms with van der Waals surface area (Å²) in [6.07, 6.45) is 6.18. The van der Waals surface area contributed by atoms with Gasteiger partial charge >= 0.3 is 0 Å². The van der Waals surface area contributed by atoms with E-state index in [-0.39, 0.29) is 29.8 Å². The number of likely N-dealkylation sites (tertiary alicyclic amines) is 1. The second kappa shape index (κ2) is 7.00. The third-order valence-electron chi connectivity index (χ3n) is 3.70. The summed E-state index contributed by atoms with van der Waals surface area (Å²) in [4.78, 5) is 17.9. The van der Waals surface area contributed by atoms with E-state index in [1.54, 1.807) is 6.07 Å². The van der Waals surface area contributed by atoms with Crippen molar-refractivity contribution in [3.05, 3.63) is 24.5 Å². The highest BCUT2D eigenvalue weighted by molar-refractivity contribution is 7.89. The lowest BCUT2D eigenvalue weighted by molar-refractivity contribution is -0.134. The summed E-state index contributed by atoms with van der Waals surface area (Å²) in [5.41, 5.74) is 0. The van der Waals surface area contributed by atoms with Gasteiger partial charge in [-0.2, -0.15) is 0 Å². The van der Waals surface area contributed by atoms with E-state index < -0.39 is 10.0 Å². The molecule has 0 unspecified atom stereocenters. The number of sulfonamides is 1. The molecule has 2 heterocycles. The van der Waals surface area contributed by atoms with Gasteiger partial charge in [-0.05, 0) is 38.3 Å². The molecule has 1 aliphatic heterocycles. The Kier molecular flexibility index (Phi) is 5.30. The molecule has 21 heavy (non-hydrogen) atoms. The lowest BCUT2D eigenvalue weighted by Gasteiger charge is -2.33. The van der Waals surface area contributed by atoms with Gasteiger partial charge in [0.2, 0.25) is 15.9 Å². The van der Waals surface area contributed by atoms with E-state index in [0.29, 0.717) is 0 Å². The molecule has 1 N–H and O–H groups in total. The number of hydrogen-bond acceptors (Lipinski definition) is 4. The Morgan fingerprint density at radius 1 is 1.48 bits per heavy atom. The van der Waals surface area contributed by atoms with Gasteiger partial charge in [-0.1, -0.05) is 0 Å². The van der Waals surface area contributed by atoms with Crippen molar-refractivity contribution >= 4 is 15.9 Å². The van der Waals surface area contributed by atoms with Crippen LogP contribution in [0.2, 0.25) is 0 Å². The number of carbonyl (C=O) groups is 1.